The van der Waals surface area contributed by atoms with Crippen LogP contribution in [0.3, 0.4) is 0 Å². The van der Waals surface area contributed by atoms with Crippen LogP contribution in [0.2, 0.25) is 0 Å². The van der Waals surface area contributed by atoms with Gasteiger partial charge < -0.3 is 53.7 Å². The fourth-order valence-corrected chi connectivity index (χ4v) is 12.7. The van der Waals surface area contributed by atoms with Crippen molar-refractivity contribution in [2.45, 2.75) is 180 Å². The fraction of sp³-hybridized carbons (Fsp3) is 0.741. The van der Waals surface area contributed by atoms with Gasteiger partial charge in [0.2, 0.25) is 15.8 Å². The van der Waals surface area contributed by atoms with Crippen molar-refractivity contribution < 1.29 is 81.2 Å². The number of allylic oxidation sites excluding steroid dienone is 6. The summed E-state index contributed by atoms with van der Waals surface area (Å²) in [6.07, 6.45) is 10.4. The van der Waals surface area contributed by atoms with E-state index in [9.17, 15) is 52.8 Å². The minimum atomic E-state index is -4.21. The molecular formula is C58H92N2O17S. The molecule has 4 rings (SSSR count). The summed E-state index contributed by atoms with van der Waals surface area (Å²) in [6, 6.07) is -1.21. The van der Waals surface area contributed by atoms with Crippen molar-refractivity contribution >= 4 is 39.4 Å². The zero-order chi connectivity index (χ0) is 58.1. The van der Waals surface area contributed by atoms with Gasteiger partial charge >= 0.3 is 11.9 Å². The highest BCUT2D eigenvalue weighted by Gasteiger charge is 2.53. The smallest absolute Gasteiger partial charge is 0.329 e. The zero-order valence-electron chi connectivity index (χ0n) is 47.9. The van der Waals surface area contributed by atoms with Gasteiger partial charge in [-0.2, -0.15) is 4.31 Å². The van der Waals surface area contributed by atoms with Crippen LogP contribution in [0.25, 0.3) is 0 Å². The minimum Gasteiger partial charge on any atom is -0.460 e. The molecule has 4 aliphatic rings. The largest absolute Gasteiger partial charge is 0.460 e. The van der Waals surface area contributed by atoms with E-state index in [-0.39, 0.29) is 56.0 Å². The number of carbonyl (C=O) groups excluding carboxylic acids is 5. The molecule has 0 unspecified atom stereocenters. The van der Waals surface area contributed by atoms with E-state index < -0.39 is 125 Å². The van der Waals surface area contributed by atoms with E-state index in [1.54, 1.807) is 34.0 Å². The molecule has 2 saturated heterocycles. The molecule has 0 aromatic heterocycles. The Morgan fingerprint density at radius 1 is 0.885 bits per heavy atom. The summed E-state index contributed by atoms with van der Waals surface area (Å²) >= 11 is 0. The second-order valence-corrected chi connectivity index (χ2v) is 24.3. The first-order chi connectivity index (χ1) is 36.8. The zero-order valence-corrected chi connectivity index (χ0v) is 48.7. The first kappa shape index (κ1) is 66.6. The van der Waals surface area contributed by atoms with Crippen LogP contribution in [0.5, 0.6) is 0 Å². The molecule has 0 aromatic rings. The Morgan fingerprint density at radius 2 is 1.58 bits per heavy atom. The lowest BCUT2D eigenvalue weighted by atomic mass is 9.78. The molecule has 0 spiro atoms. The molecule has 19 nitrogen and oxygen atoms in total. The van der Waals surface area contributed by atoms with Gasteiger partial charge in [-0.15, -0.1) is 0 Å². The number of aliphatic hydroxyl groups is 4. The molecule has 0 aromatic carbocycles. The summed E-state index contributed by atoms with van der Waals surface area (Å²) in [5, 5.41) is 42.4. The molecule has 1 saturated carbocycles. The van der Waals surface area contributed by atoms with Crippen LogP contribution in [-0.4, -0.2) is 182 Å². The average Bonchev–Trinajstić information content (AvgIpc) is 3.45. The first-order valence-corrected chi connectivity index (χ1v) is 29.5. The van der Waals surface area contributed by atoms with E-state index >= 15 is 0 Å². The van der Waals surface area contributed by atoms with Gasteiger partial charge in [-0.3, -0.25) is 19.2 Å². The molecule has 1 amide bonds. The number of esters is 2. The fourth-order valence-electron chi connectivity index (χ4n) is 11.4. The Morgan fingerprint density at radius 3 is 2.22 bits per heavy atom. The number of aliphatic hydroxyl groups excluding tert-OH is 3. The van der Waals surface area contributed by atoms with E-state index in [2.05, 4.69) is 19.6 Å². The number of nitrogens with zero attached hydrogens (tertiary/aromatic N) is 2. The van der Waals surface area contributed by atoms with Crippen molar-refractivity contribution in [2.75, 3.05) is 59.9 Å². The summed E-state index contributed by atoms with van der Waals surface area (Å²) in [5.41, 5.74) is 2.06. The van der Waals surface area contributed by atoms with Crippen molar-refractivity contribution in [1.82, 2.24) is 9.21 Å². The van der Waals surface area contributed by atoms with Crippen LogP contribution in [0.1, 0.15) is 126 Å². The van der Waals surface area contributed by atoms with Crippen LogP contribution in [-0.2, 0) is 62.4 Å². The van der Waals surface area contributed by atoms with E-state index in [0.717, 1.165) is 21.2 Å². The van der Waals surface area contributed by atoms with Crippen molar-refractivity contribution in [3.05, 3.63) is 59.8 Å². The molecule has 78 heavy (non-hydrogen) atoms. The highest BCUT2D eigenvalue weighted by atomic mass is 32.2. The average molecular weight is 1120 g/mol. The van der Waals surface area contributed by atoms with Gasteiger partial charge in [0.25, 0.3) is 11.7 Å². The van der Waals surface area contributed by atoms with Gasteiger partial charge in [0, 0.05) is 65.6 Å². The topological polar surface area (TPSA) is 262 Å². The second-order valence-electron chi connectivity index (χ2n) is 22.3. The Balaban J connectivity index is 1.67. The number of rotatable bonds is 14. The number of fused-ring (bicyclic) bond motifs is 3. The standard InChI is InChI=1S/C58H92N2O17S/c1-36-17-13-12-14-18-37(2)49(72-9)33-45-22-20-42(7)58(69,77-45)55(66)56(67)60-24-16-15-19-46(60)57(68)76-50(34-47(63)39(4)30-41(6)53(65)54(74-11)43(8)38(3)29-36)40(5)31-44-21-23-48(51(32-44)73-10)75-52(64)35-78(70,71)59(25-27-61)26-28-62/h12-14,17-18,30,36,38-40,42,44-46,48-51,53-54,61-62,65,69H,8,15-16,19-29,31-35H2,1-7,9-11H3/b14-12+,17-13+,37-18+,41-30+/t36-,38-,39-,40-,42-,44+,45+,46+,48-,49+,50+,51-,53-,54+,58-/m1/s1. The van der Waals surface area contributed by atoms with Gasteiger partial charge in [0.15, 0.2) is 5.75 Å². The van der Waals surface area contributed by atoms with Crippen molar-refractivity contribution in [3.8, 4) is 0 Å². The number of carbonyl (C=O) groups is 5. The molecule has 3 fully saturated rings. The van der Waals surface area contributed by atoms with Crippen LogP contribution >= 0.6 is 0 Å². The molecule has 3 heterocycles. The molecule has 15 atom stereocenters. The van der Waals surface area contributed by atoms with Crippen LogP contribution < -0.4 is 0 Å². The maximum Gasteiger partial charge on any atom is 0.329 e. The number of ether oxygens (including phenoxy) is 6. The van der Waals surface area contributed by atoms with E-state index in [0.29, 0.717) is 68.9 Å². The van der Waals surface area contributed by atoms with Gasteiger partial charge in [-0.1, -0.05) is 77.7 Å². The maximum absolute atomic E-state index is 14.6. The predicted molar refractivity (Wildman–Crippen MR) is 293 cm³/mol. The number of methoxy groups -OCH3 is 3. The minimum absolute atomic E-state index is 0.0353. The van der Waals surface area contributed by atoms with E-state index in [4.69, 9.17) is 28.4 Å². The Labute approximate surface area is 463 Å². The number of hydrogen-bond donors (Lipinski definition) is 4. The molecule has 3 aliphatic heterocycles. The number of ketones is 2. The van der Waals surface area contributed by atoms with E-state index in [1.807, 2.05) is 45.1 Å². The van der Waals surface area contributed by atoms with Crippen molar-refractivity contribution in [2.24, 2.45) is 35.5 Å². The quantitative estimate of drug-likeness (QED) is 0.0973. The predicted octanol–water partition coefficient (Wildman–Crippen LogP) is 5.34. The SMILES string of the molecule is C=C1[C@H](C)C[C@H](C)/C=C/C=C/C=C(\C)[C@@H](OC)C[C@@H]2CC[C@@H](C)[C@@](O)(O2)C(=O)C(=O)N2CCCC[C@H]2C(=O)O[C@H]([C@H](C)C[C@@H]2CC[C@@H](OC(=O)CS(=O)(=O)N(CCO)CCO)[C@H](OC)C2)CC(=O)[C@H](C)/C=C(\C)[C@@H](O)[C@H]1OC. The summed E-state index contributed by atoms with van der Waals surface area (Å²) < 4.78 is 62.3. The molecule has 4 N–H and O–H groups in total. The lowest BCUT2D eigenvalue weighted by Crippen LogP contribution is -2.61. The highest BCUT2D eigenvalue weighted by molar-refractivity contribution is 7.89. The molecule has 2 bridgehead atoms. The second kappa shape index (κ2) is 31.3. The molecule has 1 aliphatic carbocycles. The number of piperidine rings is 1. The first-order valence-electron chi connectivity index (χ1n) is 27.9. The van der Waals surface area contributed by atoms with Gasteiger partial charge in [-0.25, -0.2) is 13.2 Å². The molecule has 20 heteroatoms. The number of hydrogen-bond acceptors (Lipinski definition) is 17. The van der Waals surface area contributed by atoms with Crippen LogP contribution in [0.15, 0.2) is 59.8 Å². The lowest BCUT2D eigenvalue weighted by Gasteiger charge is -2.42. The van der Waals surface area contributed by atoms with Crippen LogP contribution in [0, 0.1) is 35.5 Å². The number of amides is 1. The summed E-state index contributed by atoms with van der Waals surface area (Å²) in [5.74, 6) is -9.85. The number of cyclic esters (lactones) is 1. The third-order valence-electron chi connectivity index (χ3n) is 16.4. The van der Waals surface area contributed by atoms with Crippen molar-refractivity contribution in [1.29, 1.82) is 0 Å². The highest BCUT2D eigenvalue weighted by Crippen LogP contribution is 2.38. The lowest BCUT2D eigenvalue weighted by molar-refractivity contribution is -0.265. The van der Waals surface area contributed by atoms with Gasteiger partial charge in [0.05, 0.1) is 31.5 Å². The Kier molecular flexibility index (Phi) is 26.7. The maximum atomic E-state index is 14.6. The monoisotopic (exact) mass is 1120 g/mol. The van der Waals surface area contributed by atoms with Gasteiger partial charge in [0.1, 0.15) is 36.2 Å². The third kappa shape index (κ3) is 18.3. The Hall–Kier alpha value is -3.96. The van der Waals surface area contributed by atoms with Crippen molar-refractivity contribution in [3.63, 3.8) is 0 Å². The number of sulfonamides is 1. The van der Waals surface area contributed by atoms with Crippen LogP contribution in [0.4, 0.5) is 0 Å². The Bertz CT molecular complexity index is 2260. The summed E-state index contributed by atoms with van der Waals surface area (Å²) in [4.78, 5) is 71.9. The summed E-state index contributed by atoms with van der Waals surface area (Å²) in [7, 11) is 0.320. The summed E-state index contributed by atoms with van der Waals surface area (Å²) in [6.45, 7) is 15.7. The van der Waals surface area contributed by atoms with E-state index in [1.165, 1.54) is 14.2 Å². The normalized spacial score (nSPS) is 35.9. The molecule has 0 radical (unpaired) electrons. The number of Topliss-reactive ketones (excluding diaryl/α,β-unsaturated/α-hetero) is 2. The molecular weight excluding hydrogens is 1030 g/mol. The third-order valence-corrected chi connectivity index (χ3v) is 18.1. The molecule has 442 valence electrons. The van der Waals surface area contributed by atoms with Gasteiger partial charge in [-0.05, 0) is 118 Å².